The third-order valence-corrected chi connectivity index (χ3v) is 4.88. The van der Waals surface area contributed by atoms with Crippen LogP contribution in [0.1, 0.15) is 23.1 Å². The summed E-state index contributed by atoms with van der Waals surface area (Å²) in [5.41, 5.74) is 6.95. The van der Waals surface area contributed by atoms with Crippen LogP contribution in [0, 0.1) is 6.92 Å². The Kier molecular flexibility index (Phi) is 5.01. The summed E-state index contributed by atoms with van der Waals surface area (Å²) in [6, 6.07) is 12.1. The first-order chi connectivity index (χ1) is 14.5. The maximum Gasteiger partial charge on any atom is 0.269 e. The Morgan fingerprint density at radius 2 is 1.87 bits per heavy atom. The molecule has 0 fully saturated rings. The standard InChI is InChI=1S/C21H20N6O3/c1-3-27-13(2)23-17-10-14(8-9-18(17)27)20(29)25-24-19(28)11-26-12-22-16-7-5-4-6-15(16)21(26)30/h4-10,12H,3,11H2,1-2H3,(H,24,28)(H,25,29). The molecule has 2 amide bonds. The van der Waals surface area contributed by atoms with Gasteiger partial charge in [0.25, 0.3) is 17.4 Å². The van der Waals surface area contributed by atoms with E-state index in [0.717, 1.165) is 17.9 Å². The highest BCUT2D eigenvalue weighted by molar-refractivity contribution is 5.98. The maximum absolute atomic E-state index is 12.4. The number of imidazole rings is 1. The first kappa shape index (κ1) is 19.3. The van der Waals surface area contributed by atoms with Crippen molar-refractivity contribution in [2.45, 2.75) is 26.9 Å². The van der Waals surface area contributed by atoms with Gasteiger partial charge in [-0.15, -0.1) is 0 Å². The number of hydrazine groups is 1. The minimum atomic E-state index is -0.547. The van der Waals surface area contributed by atoms with E-state index in [-0.39, 0.29) is 12.1 Å². The molecule has 2 aromatic carbocycles. The number of hydrogen-bond acceptors (Lipinski definition) is 5. The second kappa shape index (κ2) is 7.78. The molecule has 4 rings (SSSR count). The summed E-state index contributed by atoms with van der Waals surface area (Å²) in [6.45, 7) is 4.46. The number of aromatic nitrogens is 4. The second-order valence-corrected chi connectivity index (χ2v) is 6.80. The monoisotopic (exact) mass is 404 g/mol. The summed E-state index contributed by atoms with van der Waals surface area (Å²) >= 11 is 0. The van der Waals surface area contributed by atoms with Crippen LogP contribution >= 0.6 is 0 Å². The van der Waals surface area contributed by atoms with Crippen LogP contribution in [0.5, 0.6) is 0 Å². The molecule has 0 aliphatic carbocycles. The summed E-state index contributed by atoms with van der Waals surface area (Å²) in [4.78, 5) is 45.7. The first-order valence-corrected chi connectivity index (χ1v) is 9.48. The normalized spacial score (nSPS) is 11.0. The highest BCUT2D eigenvalue weighted by atomic mass is 16.2. The van der Waals surface area contributed by atoms with E-state index in [1.54, 1.807) is 36.4 Å². The van der Waals surface area contributed by atoms with Gasteiger partial charge >= 0.3 is 0 Å². The fraction of sp³-hybridized carbons (Fsp3) is 0.190. The number of para-hydroxylation sites is 1. The molecular formula is C21H20N6O3. The smallest absolute Gasteiger partial charge is 0.269 e. The van der Waals surface area contributed by atoms with Gasteiger partial charge in [0.15, 0.2) is 0 Å². The van der Waals surface area contributed by atoms with Gasteiger partial charge in [-0.1, -0.05) is 12.1 Å². The van der Waals surface area contributed by atoms with E-state index < -0.39 is 11.8 Å². The van der Waals surface area contributed by atoms with Crippen molar-refractivity contribution in [2.24, 2.45) is 0 Å². The van der Waals surface area contributed by atoms with E-state index in [4.69, 9.17) is 0 Å². The first-order valence-electron chi connectivity index (χ1n) is 9.48. The van der Waals surface area contributed by atoms with Crippen molar-refractivity contribution in [3.8, 4) is 0 Å². The van der Waals surface area contributed by atoms with E-state index in [0.29, 0.717) is 22.0 Å². The average molecular weight is 404 g/mol. The molecule has 30 heavy (non-hydrogen) atoms. The summed E-state index contributed by atoms with van der Waals surface area (Å²) in [5, 5.41) is 0.423. The SMILES string of the molecule is CCn1c(C)nc2cc(C(=O)NNC(=O)Cn3cnc4ccccc4c3=O)ccc21. The van der Waals surface area contributed by atoms with Crippen LogP contribution in [0.3, 0.4) is 0 Å². The fourth-order valence-corrected chi connectivity index (χ4v) is 3.40. The number of benzene rings is 2. The van der Waals surface area contributed by atoms with Crippen molar-refractivity contribution in [1.82, 2.24) is 30.0 Å². The zero-order chi connectivity index (χ0) is 21.3. The van der Waals surface area contributed by atoms with E-state index in [1.807, 2.05) is 24.5 Å². The zero-order valence-electron chi connectivity index (χ0n) is 16.5. The van der Waals surface area contributed by atoms with Crippen molar-refractivity contribution >= 4 is 33.8 Å². The number of carbonyl (C=O) groups is 2. The predicted octanol–water partition coefficient (Wildman–Crippen LogP) is 1.54. The molecule has 9 nitrogen and oxygen atoms in total. The lowest BCUT2D eigenvalue weighted by Gasteiger charge is -2.09. The molecule has 0 saturated carbocycles. The Labute approximate surface area is 171 Å². The van der Waals surface area contributed by atoms with Gasteiger partial charge in [-0.2, -0.15) is 0 Å². The van der Waals surface area contributed by atoms with Crippen LogP contribution in [-0.4, -0.2) is 30.9 Å². The number of aryl methyl sites for hydroxylation is 2. The molecule has 0 aliphatic rings. The van der Waals surface area contributed by atoms with Gasteiger partial charge in [-0.3, -0.25) is 29.8 Å². The van der Waals surface area contributed by atoms with E-state index in [1.165, 1.54) is 10.9 Å². The molecule has 0 bridgehead atoms. The molecule has 0 aliphatic heterocycles. The molecule has 0 spiro atoms. The minimum absolute atomic E-state index is 0.268. The van der Waals surface area contributed by atoms with Gasteiger partial charge in [0.05, 0.1) is 28.3 Å². The highest BCUT2D eigenvalue weighted by Gasteiger charge is 2.13. The number of fused-ring (bicyclic) bond motifs is 2. The molecule has 2 heterocycles. The quantitative estimate of drug-likeness (QED) is 0.501. The van der Waals surface area contributed by atoms with Crippen LogP contribution in [0.4, 0.5) is 0 Å². The van der Waals surface area contributed by atoms with Gasteiger partial charge in [-0.25, -0.2) is 9.97 Å². The van der Waals surface area contributed by atoms with Crippen molar-refractivity contribution in [1.29, 1.82) is 0 Å². The van der Waals surface area contributed by atoms with Crippen LogP contribution in [-0.2, 0) is 17.9 Å². The van der Waals surface area contributed by atoms with Crippen LogP contribution in [0.2, 0.25) is 0 Å². The molecule has 152 valence electrons. The Morgan fingerprint density at radius 3 is 2.67 bits per heavy atom. The van der Waals surface area contributed by atoms with Crippen LogP contribution in [0.25, 0.3) is 21.9 Å². The van der Waals surface area contributed by atoms with E-state index >= 15 is 0 Å². The van der Waals surface area contributed by atoms with Gasteiger partial charge in [0.2, 0.25) is 0 Å². The third kappa shape index (κ3) is 3.52. The van der Waals surface area contributed by atoms with Crippen molar-refractivity contribution in [2.75, 3.05) is 0 Å². The van der Waals surface area contributed by atoms with E-state index in [2.05, 4.69) is 20.8 Å². The van der Waals surface area contributed by atoms with Gasteiger partial charge in [-0.05, 0) is 44.2 Å². The van der Waals surface area contributed by atoms with Crippen molar-refractivity contribution < 1.29 is 9.59 Å². The predicted molar refractivity (Wildman–Crippen MR) is 112 cm³/mol. The van der Waals surface area contributed by atoms with Gasteiger partial charge in [0.1, 0.15) is 12.4 Å². The van der Waals surface area contributed by atoms with Crippen molar-refractivity contribution in [3.05, 3.63) is 70.5 Å². The average Bonchev–Trinajstić information content (AvgIpc) is 3.08. The Bertz CT molecular complexity index is 1340. The van der Waals surface area contributed by atoms with Gasteiger partial charge in [0, 0.05) is 12.1 Å². The second-order valence-electron chi connectivity index (χ2n) is 6.80. The summed E-state index contributed by atoms with van der Waals surface area (Å²) in [7, 11) is 0. The molecule has 4 aromatic rings. The lowest BCUT2D eigenvalue weighted by Crippen LogP contribution is -2.44. The number of amides is 2. The molecule has 2 N–H and O–H groups in total. The highest BCUT2D eigenvalue weighted by Crippen LogP contribution is 2.17. The third-order valence-electron chi connectivity index (χ3n) is 4.88. The minimum Gasteiger partial charge on any atom is -0.329 e. The Balaban J connectivity index is 1.44. The van der Waals surface area contributed by atoms with E-state index in [9.17, 15) is 14.4 Å². The summed E-state index contributed by atoms with van der Waals surface area (Å²) in [5.74, 6) is -0.152. The molecule has 0 unspecified atom stereocenters. The molecule has 0 saturated heterocycles. The molecule has 0 radical (unpaired) electrons. The zero-order valence-corrected chi connectivity index (χ0v) is 16.5. The van der Waals surface area contributed by atoms with Crippen LogP contribution < -0.4 is 16.4 Å². The summed E-state index contributed by atoms with van der Waals surface area (Å²) < 4.78 is 3.24. The lowest BCUT2D eigenvalue weighted by atomic mass is 10.2. The maximum atomic E-state index is 12.4. The number of nitrogens with zero attached hydrogens (tertiary/aromatic N) is 4. The molecule has 0 atom stereocenters. The van der Waals surface area contributed by atoms with Gasteiger partial charge < -0.3 is 4.57 Å². The summed E-state index contributed by atoms with van der Waals surface area (Å²) in [6.07, 6.45) is 1.31. The Hall–Kier alpha value is -4.01. The molecule has 2 aromatic heterocycles. The fourth-order valence-electron chi connectivity index (χ4n) is 3.40. The van der Waals surface area contributed by atoms with Crippen molar-refractivity contribution in [3.63, 3.8) is 0 Å². The lowest BCUT2D eigenvalue weighted by molar-refractivity contribution is -0.122. The topological polar surface area (TPSA) is 111 Å². The largest absolute Gasteiger partial charge is 0.329 e. The molecule has 9 heteroatoms. The molecular weight excluding hydrogens is 384 g/mol. The Morgan fingerprint density at radius 1 is 1.07 bits per heavy atom. The number of carbonyl (C=O) groups excluding carboxylic acids is 2. The number of hydrogen-bond donors (Lipinski definition) is 2. The number of nitrogens with one attached hydrogen (secondary N) is 2. The number of rotatable bonds is 4. The van der Waals surface area contributed by atoms with Crippen LogP contribution in [0.15, 0.2) is 53.6 Å².